The number of ether oxygens (including phenoxy) is 2. The van der Waals surface area contributed by atoms with Crippen LogP contribution in [0.5, 0.6) is 11.5 Å². The van der Waals surface area contributed by atoms with Crippen molar-refractivity contribution in [3.8, 4) is 22.1 Å². The molecule has 2 amide bonds. The summed E-state index contributed by atoms with van der Waals surface area (Å²) in [6.45, 7) is 1.78. The first-order valence-electron chi connectivity index (χ1n) is 9.39. The van der Waals surface area contributed by atoms with Crippen molar-refractivity contribution in [3.63, 3.8) is 0 Å². The molecule has 0 bridgehead atoms. The number of benzene rings is 2. The highest BCUT2D eigenvalue weighted by molar-refractivity contribution is 7.13. The van der Waals surface area contributed by atoms with Gasteiger partial charge in [-0.05, 0) is 36.4 Å². The van der Waals surface area contributed by atoms with Crippen LogP contribution in [-0.2, 0) is 16.0 Å². The summed E-state index contributed by atoms with van der Waals surface area (Å²) in [5, 5.41) is 8.28. The molecule has 0 spiro atoms. The standard InChI is InChI=1S/C22H23N3O4S/c1-4-20(26)23-15-6-5-7-16(11-15)24-21(27)12-17-13-30-22(25-17)14-8-9-18(28-2)19(10-14)29-3/h5-11,13H,4,12H2,1-3H3,(H,23,26)(H,24,27). The van der Waals surface area contributed by atoms with Gasteiger partial charge in [0.1, 0.15) is 5.01 Å². The molecule has 2 aromatic carbocycles. The van der Waals surface area contributed by atoms with Crippen LogP contribution in [0.15, 0.2) is 47.8 Å². The molecule has 156 valence electrons. The number of hydrogen-bond donors (Lipinski definition) is 2. The van der Waals surface area contributed by atoms with E-state index < -0.39 is 0 Å². The minimum absolute atomic E-state index is 0.0800. The normalized spacial score (nSPS) is 10.4. The van der Waals surface area contributed by atoms with Gasteiger partial charge in [-0.25, -0.2) is 4.98 Å². The predicted octanol–water partition coefficient (Wildman–Crippen LogP) is 4.36. The number of methoxy groups -OCH3 is 2. The molecular weight excluding hydrogens is 402 g/mol. The van der Waals surface area contributed by atoms with Gasteiger partial charge in [-0.15, -0.1) is 11.3 Å². The van der Waals surface area contributed by atoms with Crippen molar-refractivity contribution in [3.05, 3.63) is 53.5 Å². The number of aromatic nitrogens is 1. The highest BCUT2D eigenvalue weighted by Crippen LogP contribution is 2.33. The van der Waals surface area contributed by atoms with Crippen molar-refractivity contribution < 1.29 is 19.1 Å². The summed E-state index contributed by atoms with van der Waals surface area (Å²) in [5.74, 6) is 1.01. The zero-order valence-electron chi connectivity index (χ0n) is 17.0. The summed E-state index contributed by atoms with van der Waals surface area (Å²) >= 11 is 1.46. The molecule has 7 nitrogen and oxygen atoms in total. The monoisotopic (exact) mass is 425 g/mol. The van der Waals surface area contributed by atoms with E-state index in [-0.39, 0.29) is 18.2 Å². The fourth-order valence-electron chi connectivity index (χ4n) is 2.78. The number of nitrogens with one attached hydrogen (secondary N) is 2. The fraction of sp³-hybridized carbons (Fsp3) is 0.227. The highest BCUT2D eigenvalue weighted by Gasteiger charge is 2.12. The number of carbonyl (C=O) groups is 2. The second-order valence-electron chi connectivity index (χ2n) is 6.42. The summed E-state index contributed by atoms with van der Waals surface area (Å²) in [6.07, 6.45) is 0.540. The van der Waals surface area contributed by atoms with E-state index in [1.807, 2.05) is 23.6 Å². The molecule has 0 fully saturated rings. The third-order valence-corrected chi connectivity index (χ3v) is 5.22. The third-order valence-electron chi connectivity index (χ3n) is 4.28. The third kappa shape index (κ3) is 5.36. The van der Waals surface area contributed by atoms with Crippen LogP contribution < -0.4 is 20.1 Å². The van der Waals surface area contributed by atoms with Gasteiger partial charge in [-0.3, -0.25) is 9.59 Å². The van der Waals surface area contributed by atoms with E-state index in [9.17, 15) is 9.59 Å². The molecule has 0 aliphatic rings. The quantitative estimate of drug-likeness (QED) is 0.560. The average molecular weight is 426 g/mol. The first-order valence-corrected chi connectivity index (χ1v) is 10.3. The van der Waals surface area contributed by atoms with Crippen LogP contribution in [0.1, 0.15) is 19.0 Å². The lowest BCUT2D eigenvalue weighted by Gasteiger charge is -2.08. The smallest absolute Gasteiger partial charge is 0.230 e. The van der Waals surface area contributed by atoms with Crippen LogP contribution in [0.25, 0.3) is 10.6 Å². The van der Waals surface area contributed by atoms with Crippen LogP contribution >= 0.6 is 11.3 Å². The number of amides is 2. The maximum atomic E-state index is 12.4. The summed E-state index contributed by atoms with van der Waals surface area (Å²) in [7, 11) is 3.17. The fourth-order valence-corrected chi connectivity index (χ4v) is 3.60. The topological polar surface area (TPSA) is 89.6 Å². The van der Waals surface area contributed by atoms with E-state index in [1.165, 1.54) is 11.3 Å². The summed E-state index contributed by atoms with van der Waals surface area (Å²) in [6, 6.07) is 12.6. The maximum absolute atomic E-state index is 12.4. The molecule has 8 heteroatoms. The highest BCUT2D eigenvalue weighted by atomic mass is 32.1. The molecule has 1 aromatic heterocycles. The van der Waals surface area contributed by atoms with Crippen molar-refractivity contribution in [2.24, 2.45) is 0 Å². The molecule has 0 unspecified atom stereocenters. The van der Waals surface area contributed by atoms with Crippen molar-refractivity contribution >= 4 is 34.5 Å². The number of rotatable bonds is 8. The van der Waals surface area contributed by atoms with Gasteiger partial charge in [-0.1, -0.05) is 13.0 Å². The number of nitrogens with zero attached hydrogens (tertiary/aromatic N) is 1. The van der Waals surface area contributed by atoms with Gasteiger partial charge in [0.25, 0.3) is 0 Å². The van der Waals surface area contributed by atoms with Crippen LogP contribution in [0.4, 0.5) is 11.4 Å². The Bertz CT molecular complexity index is 1050. The Morgan fingerprint density at radius 1 is 0.967 bits per heavy atom. The molecule has 3 aromatic rings. The first kappa shape index (κ1) is 21.3. The minimum Gasteiger partial charge on any atom is -0.493 e. The molecule has 0 aliphatic carbocycles. The van der Waals surface area contributed by atoms with Crippen molar-refractivity contribution in [2.75, 3.05) is 24.9 Å². The van der Waals surface area contributed by atoms with E-state index in [2.05, 4.69) is 15.6 Å². The molecule has 1 heterocycles. The zero-order valence-corrected chi connectivity index (χ0v) is 17.8. The minimum atomic E-state index is -0.182. The van der Waals surface area contributed by atoms with Gasteiger partial charge in [0.2, 0.25) is 11.8 Å². The molecule has 0 saturated heterocycles. The molecule has 3 rings (SSSR count). The van der Waals surface area contributed by atoms with Crippen molar-refractivity contribution in [1.82, 2.24) is 4.98 Å². The molecule has 0 radical (unpaired) electrons. The zero-order chi connectivity index (χ0) is 21.5. The summed E-state index contributed by atoms with van der Waals surface area (Å²) < 4.78 is 10.6. The SMILES string of the molecule is CCC(=O)Nc1cccc(NC(=O)Cc2csc(-c3ccc(OC)c(OC)c3)n2)c1. The van der Waals surface area contributed by atoms with Gasteiger partial charge < -0.3 is 20.1 Å². The van der Waals surface area contributed by atoms with E-state index >= 15 is 0 Å². The first-order chi connectivity index (χ1) is 14.5. The van der Waals surface area contributed by atoms with Gasteiger partial charge >= 0.3 is 0 Å². The van der Waals surface area contributed by atoms with Crippen LogP contribution in [-0.4, -0.2) is 31.0 Å². The molecule has 0 aliphatic heterocycles. The number of carbonyl (C=O) groups excluding carboxylic acids is 2. The summed E-state index contributed by atoms with van der Waals surface area (Å²) in [5.41, 5.74) is 2.83. The lowest BCUT2D eigenvalue weighted by molar-refractivity contribution is -0.116. The Balaban J connectivity index is 1.65. The van der Waals surface area contributed by atoms with E-state index in [1.54, 1.807) is 45.4 Å². The Morgan fingerprint density at radius 2 is 1.67 bits per heavy atom. The second kappa shape index (κ2) is 9.89. The number of thiazole rings is 1. The van der Waals surface area contributed by atoms with E-state index in [0.717, 1.165) is 10.6 Å². The molecule has 0 atom stereocenters. The molecule has 0 saturated carbocycles. The van der Waals surface area contributed by atoms with Crippen LogP contribution in [0.3, 0.4) is 0 Å². The summed E-state index contributed by atoms with van der Waals surface area (Å²) in [4.78, 5) is 28.5. The maximum Gasteiger partial charge on any atom is 0.230 e. The Kier molecular flexibility index (Phi) is 7.03. The lowest BCUT2D eigenvalue weighted by Crippen LogP contribution is -2.15. The van der Waals surface area contributed by atoms with Crippen molar-refractivity contribution in [2.45, 2.75) is 19.8 Å². The van der Waals surface area contributed by atoms with E-state index in [4.69, 9.17) is 9.47 Å². The van der Waals surface area contributed by atoms with Gasteiger partial charge in [0.05, 0.1) is 26.3 Å². The van der Waals surface area contributed by atoms with Crippen LogP contribution in [0.2, 0.25) is 0 Å². The Morgan fingerprint density at radius 3 is 2.33 bits per heavy atom. The number of anilines is 2. The number of hydrogen-bond acceptors (Lipinski definition) is 6. The van der Waals surface area contributed by atoms with Gasteiger partial charge in [-0.2, -0.15) is 0 Å². The van der Waals surface area contributed by atoms with E-state index in [0.29, 0.717) is 35.0 Å². The van der Waals surface area contributed by atoms with Gasteiger partial charge in [0, 0.05) is 28.7 Å². The second-order valence-corrected chi connectivity index (χ2v) is 7.28. The molecule has 2 N–H and O–H groups in total. The average Bonchev–Trinajstić information content (AvgIpc) is 3.21. The van der Waals surface area contributed by atoms with Crippen molar-refractivity contribution in [1.29, 1.82) is 0 Å². The molecule has 30 heavy (non-hydrogen) atoms. The molecular formula is C22H23N3O4S. The van der Waals surface area contributed by atoms with Gasteiger partial charge in [0.15, 0.2) is 11.5 Å². The lowest BCUT2D eigenvalue weighted by atomic mass is 10.2. The predicted molar refractivity (Wildman–Crippen MR) is 118 cm³/mol. The van der Waals surface area contributed by atoms with Crippen LogP contribution in [0, 0.1) is 0 Å². The largest absolute Gasteiger partial charge is 0.493 e. The Hall–Kier alpha value is -3.39. The Labute approximate surface area is 179 Å².